The number of nitrogens with zero attached hydrogens (tertiary/aromatic N) is 2. The molecule has 0 aliphatic carbocycles. The normalized spacial score (nSPS) is 20.9. The number of benzene rings is 1. The molecule has 1 aliphatic rings. The highest BCUT2D eigenvalue weighted by Gasteiger charge is 2.23. The van der Waals surface area contributed by atoms with E-state index < -0.39 is 0 Å². The Labute approximate surface area is 163 Å². The van der Waals surface area contributed by atoms with Crippen LogP contribution in [0.2, 0.25) is 0 Å². The number of carbonyl (C=O) groups is 1. The van der Waals surface area contributed by atoms with Crippen molar-refractivity contribution in [2.45, 2.75) is 70.9 Å². The molecule has 0 radical (unpaired) electrons. The van der Waals surface area contributed by atoms with Crippen LogP contribution in [0.4, 0.5) is 0 Å². The summed E-state index contributed by atoms with van der Waals surface area (Å²) in [5.74, 6) is 0.190. The van der Waals surface area contributed by atoms with E-state index in [2.05, 4.69) is 66.1 Å². The first-order chi connectivity index (χ1) is 13.1. The second-order valence-electron chi connectivity index (χ2n) is 8.21. The average Bonchev–Trinajstić information content (AvgIpc) is 2.97. The predicted octanol–water partition coefficient (Wildman–Crippen LogP) is 4.27. The molecule has 1 aliphatic heterocycles. The molecular weight excluding hydrogens is 334 g/mol. The van der Waals surface area contributed by atoms with Crippen molar-refractivity contribution in [3.63, 3.8) is 0 Å². The Hall–Kier alpha value is -1.81. The zero-order valence-electron chi connectivity index (χ0n) is 17.2. The molecule has 1 amide bonds. The van der Waals surface area contributed by atoms with E-state index in [1.165, 1.54) is 35.7 Å². The van der Waals surface area contributed by atoms with Gasteiger partial charge in [0.1, 0.15) is 0 Å². The Morgan fingerprint density at radius 2 is 1.89 bits per heavy atom. The minimum Gasteiger partial charge on any atom is -0.356 e. The molecule has 0 spiro atoms. The number of rotatable bonds is 8. The second-order valence-corrected chi connectivity index (χ2v) is 8.21. The number of aryl methyl sites for hydroxylation is 2. The molecular formula is C23H35N3O. The van der Waals surface area contributed by atoms with Crippen LogP contribution in [0.5, 0.6) is 0 Å². The van der Waals surface area contributed by atoms with Crippen LogP contribution in [0, 0.1) is 0 Å². The highest BCUT2D eigenvalue weighted by atomic mass is 16.1. The van der Waals surface area contributed by atoms with Crippen LogP contribution in [0.1, 0.15) is 57.9 Å². The minimum absolute atomic E-state index is 0.190. The highest BCUT2D eigenvalue weighted by Crippen LogP contribution is 2.23. The summed E-state index contributed by atoms with van der Waals surface area (Å²) in [5, 5.41) is 4.42. The van der Waals surface area contributed by atoms with Gasteiger partial charge in [-0.25, -0.2) is 0 Å². The first-order valence-electron chi connectivity index (χ1n) is 10.6. The number of piperidine rings is 1. The Bertz CT molecular complexity index is 741. The van der Waals surface area contributed by atoms with Crippen molar-refractivity contribution < 1.29 is 4.79 Å². The van der Waals surface area contributed by atoms with E-state index in [9.17, 15) is 4.79 Å². The van der Waals surface area contributed by atoms with Crippen molar-refractivity contribution in [3.8, 4) is 0 Å². The van der Waals surface area contributed by atoms with E-state index in [1.807, 2.05) is 0 Å². The number of hydrogen-bond acceptors (Lipinski definition) is 2. The van der Waals surface area contributed by atoms with Gasteiger partial charge in [0.25, 0.3) is 0 Å². The molecule has 1 aromatic carbocycles. The van der Waals surface area contributed by atoms with E-state index in [1.54, 1.807) is 0 Å². The molecule has 2 aromatic rings. The van der Waals surface area contributed by atoms with Crippen molar-refractivity contribution in [1.29, 1.82) is 0 Å². The molecule has 148 valence electrons. The van der Waals surface area contributed by atoms with Gasteiger partial charge in [-0.3, -0.25) is 9.69 Å². The van der Waals surface area contributed by atoms with Crippen molar-refractivity contribution in [2.24, 2.45) is 7.05 Å². The molecule has 2 heterocycles. The van der Waals surface area contributed by atoms with Crippen LogP contribution in [0.15, 0.2) is 30.5 Å². The van der Waals surface area contributed by atoms with Crippen LogP contribution in [0.25, 0.3) is 10.9 Å². The van der Waals surface area contributed by atoms with Gasteiger partial charge < -0.3 is 9.88 Å². The van der Waals surface area contributed by atoms with Gasteiger partial charge in [0.05, 0.1) is 0 Å². The summed E-state index contributed by atoms with van der Waals surface area (Å²) in [4.78, 5) is 14.8. The SMILES string of the molecule is C[C@H]1CCC[C@H](C)N1CCCNC(=O)CCCc1cn(C)c2ccccc12. The standard InChI is InChI=1S/C23H35N3O/c1-18-9-6-10-19(2)26(18)16-8-15-24-23(27)14-7-11-20-17-25(3)22-13-5-4-12-21(20)22/h4-5,12-13,17-19H,6-11,14-16H2,1-3H3,(H,24,27)/t18-,19-/m0/s1. The lowest BCUT2D eigenvalue weighted by Crippen LogP contribution is -2.44. The number of likely N-dealkylation sites (tertiary alicyclic amines) is 1. The monoisotopic (exact) mass is 369 g/mol. The Morgan fingerprint density at radius 1 is 1.15 bits per heavy atom. The Morgan fingerprint density at radius 3 is 2.67 bits per heavy atom. The number of carbonyl (C=O) groups excluding carboxylic acids is 1. The van der Waals surface area contributed by atoms with Gasteiger partial charge in [0.2, 0.25) is 5.91 Å². The van der Waals surface area contributed by atoms with E-state index in [4.69, 9.17) is 0 Å². The number of nitrogens with one attached hydrogen (secondary N) is 1. The molecule has 1 N–H and O–H groups in total. The summed E-state index contributed by atoms with van der Waals surface area (Å²) in [5.41, 5.74) is 2.60. The van der Waals surface area contributed by atoms with Gasteiger partial charge >= 0.3 is 0 Å². The summed E-state index contributed by atoms with van der Waals surface area (Å²) in [6.07, 6.45) is 9.69. The molecule has 2 atom stereocenters. The molecule has 27 heavy (non-hydrogen) atoms. The fourth-order valence-corrected chi connectivity index (χ4v) is 4.56. The summed E-state index contributed by atoms with van der Waals surface area (Å²) < 4.78 is 2.17. The number of amides is 1. The maximum Gasteiger partial charge on any atom is 0.220 e. The van der Waals surface area contributed by atoms with E-state index in [0.29, 0.717) is 18.5 Å². The van der Waals surface area contributed by atoms with Crippen LogP contribution >= 0.6 is 0 Å². The van der Waals surface area contributed by atoms with Gasteiger partial charge in [-0.2, -0.15) is 0 Å². The zero-order chi connectivity index (χ0) is 19.2. The summed E-state index contributed by atoms with van der Waals surface area (Å²) in [7, 11) is 2.09. The average molecular weight is 370 g/mol. The van der Waals surface area contributed by atoms with E-state index >= 15 is 0 Å². The second kappa shape index (κ2) is 9.41. The number of aromatic nitrogens is 1. The lowest BCUT2D eigenvalue weighted by Gasteiger charge is -2.39. The smallest absolute Gasteiger partial charge is 0.220 e. The Balaban J connectivity index is 1.35. The minimum atomic E-state index is 0.190. The lowest BCUT2D eigenvalue weighted by molar-refractivity contribution is -0.121. The molecule has 4 nitrogen and oxygen atoms in total. The summed E-state index contributed by atoms with van der Waals surface area (Å²) in [6, 6.07) is 9.85. The van der Waals surface area contributed by atoms with Gasteiger partial charge in [0, 0.05) is 55.7 Å². The Kier molecular flexibility index (Phi) is 6.95. The van der Waals surface area contributed by atoms with E-state index in [-0.39, 0.29) is 5.91 Å². The third-order valence-corrected chi connectivity index (χ3v) is 6.12. The molecule has 1 saturated heterocycles. The van der Waals surface area contributed by atoms with Crippen LogP contribution in [0.3, 0.4) is 0 Å². The maximum atomic E-state index is 12.2. The number of fused-ring (bicyclic) bond motifs is 1. The summed E-state index contributed by atoms with van der Waals surface area (Å²) in [6.45, 7) is 6.56. The lowest BCUT2D eigenvalue weighted by atomic mass is 9.97. The topological polar surface area (TPSA) is 37.3 Å². The number of hydrogen-bond donors (Lipinski definition) is 1. The summed E-state index contributed by atoms with van der Waals surface area (Å²) >= 11 is 0. The number of para-hydroxylation sites is 1. The van der Waals surface area contributed by atoms with Crippen molar-refractivity contribution in [1.82, 2.24) is 14.8 Å². The maximum absolute atomic E-state index is 12.2. The molecule has 1 aromatic heterocycles. The van der Waals surface area contributed by atoms with Gasteiger partial charge in [-0.1, -0.05) is 24.6 Å². The fraction of sp³-hybridized carbons (Fsp3) is 0.609. The van der Waals surface area contributed by atoms with Crippen molar-refractivity contribution >= 4 is 16.8 Å². The van der Waals surface area contributed by atoms with Crippen molar-refractivity contribution in [3.05, 3.63) is 36.0 Å². The first-order valence-corrected chi connectivity index (χ1v) is 10.6. The molecule has 3 rings (SSSR count). The molecule has 1 fully saturated rings. The third kappa shape index (κ3) is 5.13. The van der Waals surface area contributed by atoms with Crippen molar-refractivity contribution in [2.75, 3.05) is 13.1 Å². The molecule has 4 heteroatoms. The van der Waals surface area contributed by atoms with Gasteiger partial charge in [-0.15, -0.1) is 0 Å². The van der Waals surface area contributed by atoms with Gasteiger partial charge in [-0.05, 0) is 57.6 Å². The third-order valence-electron chi connectivity index (χ3n) is 6.12. The first kappa shape index (κ1) is 19.9. The largest absolute Gasteiger partial charge is 0.356 e. The quantitative estimate of drug-likeness (QED) is 0.706. The fourth-order valence-electron chi connectivity index (χ4n) is 4.56. The van der Waals surface area contributed by atoms with Crippen LogP contribution in [-0.4, -0.2) is 40.5 Å². The van der Waals surface area contributed by atoms with E-state index in [0.717, 1.165) is 32.4 Å². The molecule has 0 bridgehead atoms. The van der Waals surface area contributed by atoms with Gasteiger partial charge in [0.15, 0.2) is 0 Å². The highest BCUT2D eigenvalue weighted by molar-refractivity contribution is 5.84. The van der Waals surface area contributed by atoms with Crippen LogP contribution < -0.4 is 5.32 Å². The molecule has 0 unspecified atom stereocenters. The zero-order valence-corrected chi connectivity index (χ0v) is 17.2. The van der Waals surface area contributed by atoms with Crippen LogP contribution in [-0.2, 0) is 18.3 Å². The predicted molar refractivity (Wildman–Crippen MR) is 113 cm³/mol. The molecule has 0 saturated carbocycles.